The zero-order chi connectivity index (χ0) is 10.7. The fraction of sp³-hybridized carbons (Fsp3) is 0.667. The number of carboxylic acid groups (broad SMARTS) is 1. The molecule has 0 fully saturated rings. The lowest BCUT2D eigenvalue weighted by Crippen LogP contribution is -2.26. The van der Waals surface area contributed by atoms with E-state index in [4.69, 9.17) is 5.11 Å². The molecule has 0 amide bonds. The zero-order valence-corrected chi connectivity index (χ0v) is 8.87. The summed E-state index contributed by atoms with van der Waals surface area (Å²) in [4.78, 5) is 11.7. The van der Waals surface area contributed by atoms with Gasteiger partial charge in [-0.3, -0.25) is 4.79 Å². The van der Waals surface area contributed by atoms with Crippen molar-refractivity contribution in [1.82, 2.24) is 10.2 Å². The van der Waals surface area contributed by atoms with E-state index in [0.29, 0.717) is 6.67 Å². The van der Waals surface area contributed by atoms with Crippen LogP contribution in [0.4, 0.5) is 0 Å². The van der Waals surface area contributed by atoms with E-state index in [1.54, 1.807) is 17.3 Å². The Morgan fingerprint density at radius 3 is 2.31 bits per heavy atom. The van der Waals surface area contributed by atoms with Crippen LogP contribution in [-0.4, -0.2) is 29.2 Å². The van der Waals surface area contributed by atoms with Crippen molar-refractivity contribution >= 4 is 5.97 Å². The van der Waals surface area contributed by atoms with Crippen LogP contribution in [0.25, 0.3) is 0 Å². The highest BCUT2D eigenvalue weighted by Gasteiger charge is 2.06. The van der Waals surface area contributed by atoms with Crippen molar-refractivity contribution in [2.75, 3.05) is 13.2 Å². The fourth-order valence-electron chi connectivity index (χ4n) is 0.663. The molecule has 0 aliphatic carbocycles. The Hall–Kier alpha value is -1.19. The van der Waals surface area contributed by atoms with Gasteiger partial charge in [-0.05, 0) is 0 Å². The topological polar surface area (TPSA) is 52.6 Å². The van der Waals surface area contributed by atoms with Gasteiger partial charge in [0.1, 0.15) is 6.54 Å². The summed E-state index contributed by atoms with van der Waals surface area (Å²) in [7, 11) is 0. The summed E-state index contributed by atoms with van der Waals surface area (Å²) in [5.74, 6) is -0.802. The van der Waals surface area contributed by atoms with Crippen molar-refractivity contribution in [1.29, 1.82) is 0 Å². The summed E-state index contributed by atoms with van der Waals surface area (Å²) in [5.41, 5.74) is 0. The lowest BCUT2D eigenvalue weighted by Gasteiger charge is -2.09. The van der Waals surface area contributed by atoms with Crippen molar-refractivity contribution in [2.24, 2.45) is 0 Å². The second kappa shape index (κ2) is 10.8. The van der Waals surface area contributed by atoms with Gasteiger partial charge in [-0.2, -0.15) is 0 Å². The van der Waals surface area contributed by atoms with Gasteiger partial charge in [0, 0.05) is 12.4 Å². The fourth-order valence-corrected chi connectivity index (χ4v) is 0.663. The maximum Gasteiger partial charge on any atom is 0.323 e. The minimum absolute atomic E-state index is 0.0729. The first-order chi connectivity index (χ1) is 6.29. The molecule has 0 aromatic carbocycles. The third-order valence-corrected chi connectivity index (χ3v) is 1.04. The summed E-state index contributed by atoms with van der Waals surface area (Å²) in [6, 6.07) is 0. The number of carboxylic acids is 1. The van der Waals surface area contributed by atoms with E-state index in [-0.39, 0.29) is 6.54 Å². The normalized spacial score (nSPS) is 11.8. The van der Waals surface area contributed by atoms with Gasteiger partial charge in [0.15, 0.2) is 0 Å². The molecule has 2 N–H and O–H groups in total. The van der Waals surface area contributed by atoms with Crippen molar-refractivity contribution in [3.63, 3.8) is 0 Å². The maximum atomic E-state index is 10.1. The van der Waals surface area contributed by atoms with E-state index < -0.39 is 5.97 Å². The predicted octanol–water partition coefficient (Wildman–Crippen LogP) is 1.46. The molecule has 4 heteroatoms. The van der Waals surface area contributed by atoms with Crippen LogP contribution in [0.1, 0.15) is 27.7 Å². The van der Waals surface area contributed by atoms with Gasteiger partial charge in [-0.1, -0.05) is 27.7 Å². The molecule has 1 heterocycles. The molecule has 1 rings (SSSR count). The first-order valence-electron chi connectivity index (χ1n) is 4.65. The monoisotopic (exact) mass is 188 g/mol. The van der Waals surface area contributed by atoms with E-state index in [1.165, 1.54) is 0 Å². The van der Waals surface area contributed by atoms with Gasteiger partial charge in [0.25, 0.3) is 0 Å². The molecular weight excluding hydrogens is 168 g/mol. The Morgan fingerprint density at radius 1 is 1.46 bits per heavy atom. The molecular formula is C9H20N2O2. The first kappa shape index (κ1) is 14.3. The summed E-state index contributed by atoms with van der Waals surface area (Å²) in [6.07, 6.45) is 3.44. The van der Waals surface area contributed by atoms with Gasteiger partial charge in [-0.15, -0.1) is 0 Å². The van der Waals surface area contributed by atoms with E-state index in [2.05, 4.69) is 5.32 Å². The molecule has 0 radical (unpaired) electrons. The number of nitrogens with zero attached hydrogens (tertiary/aromatic N) is 1. The highest BCUT2D eigenvalue weighted by atomic mass is 16.4. The van der Waals surface area contributed by atoms with E-state index in [1.807, 2.05) is 27.7 Å². The number of hydrogen-bond acceptors (Lipinski definition) is 3. The quantitative estimate of drug-likeness (QED) is 0.689. The van der Waals surface area contributed by atoms with Crippen LogP contribution >= 0.6 is 0 Å². The summed E-state index contributed by atoms with van der Waals surface area (Å²) >= 11 is 0. The molecule has 0 unspecified atom stereocenters. The number of nitrogens with one attached hydrogen (secondary N) is 1. The van der Waals surface area contributed by atoms with Crippen LogP contribution in [0.5, 0.6) is 0 Å². The van der Waals surface area contributed by atoms with Gasteiger partial charge < -0.3 is 15.3 Å². The predicted molar refractivity (Wildman–Crippen MR) is 54.2 cm³/mol. The average molecular weight is 188 g/mol. The lowest BCUT2D eigenvalue weighted by molar-refractivity contribution is -0.137. The molecule has 4 nitrogen and oxygen atoms in total. The highest BCUT2D eigenvalue weighted by Crippen LogP contribution is 1.91. The van der Waals surface area contributed by atoms with Crippen LogP contribution in [-0.2, 0) is 4.79 Å². The third kappa shape index (κ3) is 8.72. The van der Waals surface area contributed by atoms with Crippen molar-refractivity contribution in [3.05, 3.63) is 12.4 Å². The van der Waals surface area contributed by atoms with Gasteiger partial charge >= 0.3 is 5.97 Å². The van der Waals surface area contributed by atoms with Crippen LogP contribution in [0.15, 0.2) is 12.4 Å². The lowest BCUT2D eigenvalue weighted by atomic mass is 10.6. The second-order valence-corrected chi connectivity index (χ2v) is 1.82. The molecule has 0 atom stereocenters. The molecule has 1 aliphatic heterocycles. The number of hydrogen-bond donors (Lipinski definition) is 2. The molecule has 13 heavy (non-hydrogen) atoms. The van der Waals surface area contributed by atoms with E-state index in [9.17, 15) is 4.79 Å². The van der Waals surface area contributed by atoms with Crippen LogP contribution in [0.2, 0.25) is 0 Å². The minimum atomic E-state index is -0.802. The third-order valence-electron chi connectivity index (χ3n) is 1.04. The minimum Gasteiger partial charge on any atom is -0.480 e. The highest BCUT2D eigenvalue weighted by molar-refractivity contribution is 5.69. The standard InChI is InChI=1S/C5H8N2O2.2C2H6/c8-5(9)3-7-2-1-6-4-7;2*1-2/h1-2,6H,3-4H2,(H,8,9);2*1-2H3. The SMILES string of the molecule is CC.CC.O=C(O)CN1C=CNC1. The smallest absolute Gasteiger partial charge is 0.323 e. The van der Waals surface area contributed by atoms with Crippen LogP contribution < -0.4 is 5.32 Å². The molecule has 0 saturated heterocycles. The Labute approximate surface area is 80.2 Å². The molecule has 0 bridgehead atoms. The van der Waals surface area contributed by atoms with E-state index >= 15 is 0 Å². The molecule has 0 aromatic heterocycles. The number of carbonyl (C=O) groups is 1. The number of rotatable bonds is 2. The first-order valence-corrected chi connectivity index (χ1v) is 4.65. The summed E-state index contributed by atoms with van der Waals surface area (Å²) < 4.78 is 0. The maximum absolute atomic E-state index is 10.1. The van der Waals surface area contributed by atoms with Gasteiger partial charge in [0.2, 0.25) is 0 Å². The van der Waals surface area contributed by atoms with Crippen LogP contribution in [0.3, 0.4) is 0 Å². The van der Waals surface area contributed by atoms with Crippen molar-refractivity contribution in [2.45, 2.75) is 27.7 Å². The van der Waals surface area contributed by atoms with Crippen molar-refractivity contribution in [3.8, 4) is 0 Å². The molecule has 0 aromatic rings. The molecule has 0 spiro atoms. The average Bonchev–Trinajstić information content (AvgIpc) is 2.63. The summed E-state index contributed by atoms with van der Waals surface area (Å²) in [5, 5.41) is 11.1. The summed E-state index contributed by atoms with van der Waals surface area (Å²) in [6.45, 7) is 8.68. The largest absolute Gasteiger partial charge is 0.480 e. The number of aliphatic carboxylic acids is 1. The van der Waals surface area contributed by atoms with Gasteiger partial charge in [-0.25, -0.2) is 0 Å². The van der Waals surface area contributed by atoms with Crippen molar-refractivity contribution < 1.29 is 9.90 Å². The van der Waals surface area contributed by atoms with Gasteiger partial charge in [0.05, 0.1) is 6.67 Å². The molecule has 0 saturated carbocycles. The Morgan fingerprint density at radius 2 is 2.00 bits per heavy atom. The Balaban J connectivity index is 0. The zero-order valence-electron chi connectivity index (χ0n) is 8.87. The molecule has 78 valence electrons. The Kier molecular flexibility index (Phi) is 11.9. The molecule has 1 aliphatic rings. The second-order valence-electron chi connectivity index (χ2n) is 1.82. The van der Waals surface area contributed by atoms with E-state index in [0.717, 1.165) is 0 Å². The Bertz CT molecular complexity index is 147. The van der Waals surface area contributed by atoms with Crippen LogP contribution in [0, 0.1) is 0 Å².